The number of hydrogen-bond acceptors (Lipinski definition) is 6. The molecule has 3 rings (SSSR count). The number of ether oxygens (including phenoxy) is 1. The number of benzene rings is 3. The Morgan fingerprint density at radius 2 is 1.56 bits per heavy atom. The van der Waals surface area contributed by atoms with Crippen LogP contribution in [-0.4, -0.2) is 48.3 Å². The fourth-order valence-electron chi connectivity index (χ4n) is 3.00. The highest BCUT2D eigenvalue weighted by molar-refractivity contribution is 7.92. The summed E-state index contributed by atoms with van der Waals surface area (Å²) in [5.41, 5.74) is 4.49. The predicted molar refractivity (Wildman–Crippen MR) is 135 cm³/mol. The number of nitrogens with zero attached hydrogens (tertiary/aromatic N) is 3. The summed E-state index contributed by atoms with van der Waals surface area (Å²) in [6.07, 6.45) is 1.49. The minimum Gasteiger partial charge on any atom is -0.497 e. The van der Waals surface area contributed by atoms with Crippen molar-refractivity contribution in [2.75, 3.05) is 37.0 Å². The number of carbonyl (C=O) groups excluding carboxylic acids is 1. The molecule has 0 atom stereocenters. The molecule has 3 aromatic rings. The van der Waals surface area contributed by atoms with E-state index < -0.39 is 22.5 Å². The quantitative estimate of drug-likeness (QED) is 0.357. The van der Waals surface area contributed by atoms with Gasteiger partial charge in [-0.2, -0.15) is 5.10 Å². The molecule has 1 N–H and O–H groups in total. The first-order chi connectivity index (χ1) is 16.2. The fraction of sp³-hybridized carbons (Fsp3) is 0.167. The number of carbonyl (C=O) groups is 1. The van der Waals surface area contributed by atoms with Gasteiger partial charge in [-0.1, -0.05) is 23.7 Å². The summed E-state index contributed by atoms with van der Waals surface area (Å²) in [5, 5.41) is 4.40. The molecule has 0 bridgehead atoms. The normalized spacial score (nSPS) is 11.3. The van der Waals surface area contributed by atoms with Crippen molar-refractivity contribution in [2.24, 2.45) is 5.10 Å². The van der Waals surface area contributed by atoms with Gasteiger partial charge in [0, 0.05) is 24.8 Å². The van der Waals surface area contributed by atoms with E-state index in [2.05, 4.69) is 10.5 Å². The number of sulfonamides is 1. The van der Waals surface area contributed by atoms with Crippen LogP contribution in [0.2, 0.25) is 5.02 Å². The molecule has 0 aliphatic heterocycles. The highest BCUT2D eigenvalue weighted by Crippen LogP contribution is 2.26. The van der Waals surface area contributed by atoms with Crippen LogP contribution in [-0.2, 0) is 14.8 Å². The van der Waals surface area contributed by atoms with Crippen molar-refractivity contribution in [1.82, 2.24) is 5.43 Å². The van der Waals surface area contributed by atoms with Gasteiger partial charge >= 0.3 is 0 Å². The molecule has 10 heteroatoms. The molecule has 3 aromatic carbocycles. The number of nitrogens with one attached hydrogen (secondary N) is 1. The molecule has 0 spiro atoms. The smallest absolute Gasteiger partial charge is 0.264 e. The Bertz CT molecular complexity index is 1240. The van der Waals surface area contributed by atoms with Gasteiger partial charge in [0.15, 0.2) is 0 Å². The van der Waals surface area contributed by atoms with Crippen LogP contribution in [0.4, 0.5) is 11.4 Å². The van der Waals surface area contributed by atoms with E-state index >= 15 is 0 Å². The lowest BCUT2D eigenvalue weighted by molar-refractivity contribution is -0.119. The Kier molecular flexibility index (Phi) is 8.14. The third-order valence-corrected chi connectivity index (χ3v) is 6.90. The summed E-state index contributed by atoms with van der Waals surface area (Å²) in [4.78, 5) is 14.6. The zero-order chi connectivity index (χ0) is 24.7. The Morgan fingerprint density at radius 3 is 2.12 bits per heavy atom. The summed E-state index contributed by atoms with van der Waals surface area (Å²) in [6.45, 7) is -0.479. The third kappa shape index (κ3) is 6.27. The van der Waals surface area contributed by atoms with E-state index in [1.807, 2.05) is 43.3 Å². The molecular formula is C24H25ClN4O4S. The first-order valence-corrected chi connectivity index (χ1v) is 12.0. The molecule has 1 amide bonds. The SMILES string of the molecule is COc1ccc(S(=O)(=O)N(CC(=O)N/N=C\c2ccc(N(C)C)cc2)c2ccc(Cl)cc2)cc1. The number of rotatable bonds is 9. The number of amides is 1. The lowest BCUT2D eigenvalue weighted by Gasteiger charge is -2.23. The molecule has 0 saturated heterocycles. The molecule has 8 nitrogen and oxygen atoms in total. The third-order valence-electron chi connectivity index (χ3n) is 4.86. The van der Waals surface area contributed by atoms with Crippen LogP contribution in [0, 0.1) is 0 Å². The molecule has 0 aromatic heterocycles. The summed E-state index contributed by atoms with van der Waals surface area (Å²) in [6, 6.07) is 19.7. The van der Waals surface area contributed by atoms with E-state index in [0.29, 0.717) is 16.5 Å². The van der Waals surface area contributed by atoms with Gasteiger partial charge in [-0.3, -0.25) is 9.10 Å². The first kappa shape index (κ1) is 25.1. The Balaban J connectivity index is 1.79. The van der Waals surface area contributed by atoms with Crippen molar-refractivity contribution in [3.05, 3.63) is 83.4 Å². The number of hydrogen-bond donors (Lipinski definition) is 1. The fourth-order valence-corrected chi connectivity index (χ4v) is 4.55. The van der Waals surface area contributed by atoms with Gasteiger partial charge in [0.1, 0.15) is 12.3 Å². The van der Waals surface area contributed by atoms with Crippen molar-refractivity contribution in [1.29, 1.82) is 0 Å². The van der Waals surface area contributed by atoms with E-state index in [1.54, 1.807) is 24.3 Å². The van der Waals surface area contributed by atoms with E-state index in [-0.39, 0.29) is 4.90 Å². The number of hydrazone groups is 1. The monoisotopic (exact) mass is 500 g/mol. The van der Waals surface area contributed by atoms with E-state index in [9.17, 15) is 13.2 Å². The van der Waals surface area contributed by atoms with Gasteiger partial charge in [0.2, 0.25) is 0 Å². The zero-order valence-electron chi connectivity index (χ0n) is 19.0. The van der Waals surface area contributed by atoms with E-state index in [0.717, 1.165) is 15.6 Å². The van der Waals surface area contributed by atoms with Crippen LogP contribution in [0.1, 0.15) is 5.56 Å². The van der Waals surface area contributed by atoms with Crippen molar-refractivity contribution in [3.63, 3.8) is 0 Å². The van der Waals surface area contributed by atoms with Gasteiger partial charge in [-0.25, -0.2) is 13.8 Å². The van der Waals surface area contributed by atoms with Crippen LogP contribution < -0.4 is 19.4 Å². The molecule has 0 radical (unpaired) electrons. The van der Waals surface area contributed by atoms with Crippen molar-refractivity contribution < 1.29 is 17.9 Å². The van der Waals surface area contributed by atoms with Crippen LogP contribution >= 0.6 is 11.6 Å². The largest absolute Gasteiger partial charge is 0.497 e. The molecule has 0 unspecified atom stereocenters. The van der Waals surface area contributed by atoms with Crippen molar-refractivity contribution >= 4 is 45.1 Å². The van der Waals surface area contributed by atoms with Crippen LogP contribution in [0.3, 0.4) is 0 Å². The molecular weight excluding hydrogens is 476 g/mol. The molecule has 0 aliphatic carbocycles. The maximum Gasteiger partial charge on any atom is 0.264 e. The molecule has 34 heavy (non-hydrogen) atoms. The standard InChI is InChI=1S/C24H25ClN4O4S/c1-28(2)20-8-4-18(5-9-20)16-26-27-24(30)17-29(21-10-6-19(25)7-11-21)34(31,32)23-14-12-22(33-3)13-15-23/h4-16H,17H2,1-3H3,(H,27,30)/b26-16-. The topological polar surface area (TPSA) is 91.3 Å². The molecule has 0 fully saturated rings. The second-order valence-corrected chi connectivity index (χ2v) is 9.74. The minimum absolute atomic E-state index is 0.0144. The number of methoxy groups -OCH3 is 1. The van der Waals surface area contributed by atoms with E-state index in [4.69, 9.17) is 16.3 Å². The first-order valence-electron chi connectivity index (χ1n) is 10.2. The highest BCUT2D eigenvalue weighted by Gasteiger charge is 2.27. The van der Waals surface area contributed by atoms with Gasteiger partial charge in [-0.05, 0) is 66.2 Å². The second kappa shape index (κ2) is 11.0. The Morgan fingerprint density at radius 1 is 0.971 bits per heavy atom. The van der Waals surface area contributed by atoms with Gasteiger partial charge in [0.05, 0.1) is 23.9 Å². The van der Waals surface area contributed by atoms with Gasteiger partial charge in [0.25, 0.3) is 15.9 Å². The predicted octanol–water partition coefficient (Wildman–Crippen LogP) is 3.76. The van der Waals surface area contributed by atoms with Crippen molar-refractivity contribution in [2.45, 2.75) is 4.90 Å². The lowest BCUT2D eigenvalue weighted by Crippen LogP contribution is -2.39. The summed E-state index contributed by atoms with van der Waals surface area (Å²) in [7, 11) is 1.31. The molecule has 0 saturated carbocycles. The Labute approximate surface area is 204 Å². The maximum absolute atomic E-state index is 13.4. The zero-order valence-corrected chi connectivity index (χ0v) is 20.5. The number of anilines is 2. The van der Waals surface area contributed by atoms with Crippen LogP contribution in [0.15, 0.2) is 82.8 Å². The van der Waals surface area contributed by atoms with Gasteiger partial charge < -0.3 is 9.64 Å². The molecule has 0 aliphatic rings. The summed E-state index contributed by atoms with van der Waals surface area (Å²) >= 11 is 5.96. The van der Waals surface area contributed by atoms with Crippen molar-refractivity contribution in [3.8, 4) is 5.75 Å². The second-order valence-electron chi connectivity index (χ2n) is 7.44. The van der Waals surface area contributed by atoms with Crippen LogP contribution in [0.5, 0.6) is 5.75 Å². The minimum atomic E-state index is -4.06. The number of halogens is 1. The van der Waals surface area contributed by atoms with E-state index in [1.165, 1.54) is 37.6 Å². The maximum atomic E-state index is 13.4. The average molecular weight is 501 g/mol. The summed E-state index contributed by atoms with van der Waals surface area (Å²) in [5.74, 6) is -0.0871. The van der Waals surface area contributed by atoms with Crippen LogP contribution in [0.25, 0.3) is 0 Å². The summed E-state index contributed by atoms with van der Waals surface area (Å²) < 4.78 is 32.8. The molecule has 178 valence electrons. The average Bonchev–Trinajstić information content (AvgIpc) is 2.83. The molecule has 0 heterocycles. The lowest BCUT2D eigenvalue weighted by atomic mass is 10.2. The Hall–Kier alpha value is -3.56. The van der Waals surface area contributed by atoms with Gasteiger partial charge in [-0.15, -0.1) is 0 Å². The highest BCUT2D eigenvalue weighted by atomic mass is 35.5.